The van der Waals surface area contributed by atoms with Crippen molar-refractivity contribution >= 4 is 35.4 Å². The van der Waals surface area contributed by atoms with Gasteiger partial charge in [0.05, 0.1) is 13.1 Å². The standard InChI is InChI=1S/C23H18Cl2F2N4O/c24-20-2-1-3-21(25)18(20)6-4-16-8-9-30(11-16)12-23(32,13-31-15-28-14-29-31)19-7-5-17(26)10-22(19)27/h1-11,14-15,32H,12-13H2/b6-4+. The lowest BCUT2D eigenvalue weighted by atomic mass is 9.92. The van der Waals surface area contributed by atoms with Crippen LogP contribution in [0.25, 0.3) is 12.2 Å². The summed E-state index contributed by atoms with van der Waals surface area (Å²) in [4.78, 5) is 3.86. The summed E-state index contributed by atoms with van der Waals surface area (Å²) >= 11 is 12.4. The van der Waals surface area contributed by atoms with Gasteiger partial charge >= 0.3 is 0 Å². The van der Waals surface area contributed by atoms with Crippen LogP contribution in [0.2, 0.25) is 10.0 Å². The average Bonchev–Trinajstić information content (AvgIpc) is 3.39. The topological polar surface area (TPSA) is 55.9 Å². The summed E-state index contributed by atoms with van der Waals surface area (Å²) in [6.45, 7) is -0.0791. The van der Waals surface area contributed by atoms with E-state index >= 15 is 0 Å². The summed E-state index contributed by atoms with van der Waals surface area (Å²) in [5, 5.41) is 16.5. The highest BCUT2D eigenvalue weighted by molar-refractivity contribution is 6.37. The average molecular weight is 475 g/mol. The molecule has 4 aromatic rings. The predicted molar refractivity (Wildman–Crippen MR) is 120 cm³/mol. The molecular formula is C23H18Cl2F2N4O. The summed E-state index contributed by atoms with van der Waals surface area (Å²) < 4.78 is 31.1. The maximum atomic E-state index is 14.6. The molecule has 1 N–H and O–H groups in total. The molecule has 164 valence electrons. The Morgan fingerprint density at radius 1 is 1.03 bits per heavy atom. The molecule has 0 aliphatic heterocycles. The van der Waals surface area contributed by atoms with Crippen molar-refractivity contribution in [2.24, 2.45) is 0 Å². The van der Waals surface area contributed by atoms with E-state index in [-0.39, 0.29) is 18.7 Å². The second-order valence-corrected chi connectivity index (χ2v) is 8.15. The Balaban J connectivity index is 1.62. The highest BCUT2D eigenvalue weighted by atomic mass is 35.5. The summed E-state index contributed by atoms with van der Waals surface area (Å²) in [7, 11) is 0. The first-order valence-corrected chi connectivity index (χ1v) is 10.4. The molecule has 9 heteroatoms. The van der Waals surface area contributed by atoms with Crippen LogP contribution in [0.5, 0.6) is 0 Å². The van der Waals surface area contributed by atoms with Crippen molar-refractivity contribution in [1.29, 1.82) is 0 Å². The van der Waals surface area contributed by atoms with Crippen LogP contribution in [0.4, 0.5) is 8.78 Å². The van der Waals surface area contributed by atoms with Gasteiger partial charge in [0.2, 0.25) is 0 Å². The summed E-state index contributed by atoms with van der Waals surface area (Å²) in [6, 6.07) is 10.2. The Kier molecular flexibility index (Phi) is 6.41. The number of hydrogen-bond donors (Lipinski definition) is 1. The molecule has 0 saturated heterocycles. The molecule has 0 spiro atoms. The normalized spacial score (nSPS) is 13.5. The van der Waals surface area contributed by atoms with Crippen molar-refractivity contribution in [3.8, 4) is 0 Å². The third kappa shape index (κ3) is 4.91. The van der Waals surface area contributed by atoms with E-state index in [1.807, 2.05) is 12.1 Å². The van der Waals surface area contributed by atoms with Crippen LogP contribution in [0, 0.1) is 11.6 Å². The van der Waals surface area contributed by atoms with E-state index in [4.69, 9.17) is 23.2 Å². The monoisotopic (exact) mass is 474 g/mol. The van der Waals surface area contributed by atoms with E-state index in [9.17, 15) is 13.9 Å². The first-order valence-electron chi connectivity index (χ1n) is 9.62. The SMILES string of the molecule is OC(Cn1ccc(/C=C/c2c(Cl)cccc2Cl)c1)(Cn1cncn1)c1ccc(F)cc1F. The van der Waals surface area contributed by atoms with Gasteiger partial charge in [-0.25, -0.2) is 18.4 Å². The molecule has 5 nitrogen and oxygen atoms in total. The minimum atomic E-state index is -1.71. The minimum Gasteiger partial charge on any atom is -0.381 e. The maximum Gasteiger partial charge on any atom is 0.137 e. The largest absolute Gasteiger partial charge is 0.381 e. The van der Waals surface area contributed by atoms with Gasteiger partial charge in [-0.3, -0.25) is 0 Å². The number of benzene rings is 2. The van der Waals surface area contributed by atoms with E-state index in [0.717, 1.165) is 17.7 Å². The molecule has 1 unspecified atom stereocenters. The zero-order valence-electron chi connectivity index (χ0n) is 16.7. The van der Waals surface area contributed by atoms with Crippen LogP contribution in [0.3, 0.4) is 0 Å². The van der Waals surface area contributed by atoms with Gasteiger partial charge < -0.3 is 9.67 Å². The molecule has 0 saturated carbocycles. The second kappa shape index (κ2) is 9.24. The fourth-order valence-corrected chi connectivity index (χ4v) is 4.00. The lowest BCUT2D eigenvalue weighted by Gasteiger charge is -2.29. The molecule has 0 radical (unpaired) electrons. The number of rotatable bonds is 7. The smallest absolute Gasteiger partial charge is 0.137 e. The van der Waals surface area contributed by atoms with Crippen LogP contribution in [0.15, 0.2) is 67.5 Å². The highest BCUT2D eigenvalue weighted by Gasteiger charge is 2.34. The summed E-state index contributed by atoms with van der Waals surface area (Å²) in [6.07, 6.45) is 9.91. The highest BCUT2D eigenvalue weighted by Crippen LogP contribution is 2.29. The second-order valence-electron chi connectivity index (χ2n) is 7.33. The van der Waals surface area contributed by atoms with Crippen LogP contribution >= 0.6 is 23.2 Å². The van der Waals surface area contributed by atoms with Gasteiger partial charge in [-0.05, 0) is 29.8 Å². The van der Waals surface area contributed by atoms with Crippen LogP contribution in [0.1, 0.15) is 16.7 Å². The Hall–Kier alpha value is -3.00. The van der Waals surface area contributed by atoms with Crippen molar-refractivity contribution < 1.29 is 13.9 Å². The van der Waals surface area contributed by atoms with Crippen molar-refractivity contribution in [2.75, 3.05) is 0 Å². The van der Waals surface area contributed by atoms with Crippen LogP contribution in [-0.2, 0) is 18.7 Å². The fourth-order valence-electron chi connectivity index (χ4n) is 3.48. The molecule has 0 aliphatic rings. The summed E-state index contributed by atoms with van der Waals surface area (Å²) in [5.74, 6) is -1.56. The molecule has 0 bridgehead atoms. The molecule has 0 fully saturated rings. The Labute approximate surface area is 193 Å². The van der Waals surface area contributed by atoms with E-state index in [1.54, 1.807) is 41.2 Å². The zero-order chi connectivity index (χ0) is 22.7. The quantitative estimate of drug-likeness (QED) is 0.388. The third-order valence-corrected chi connectivity index (χ3v) is 5.64. The molecule has 4 rings (SSSR count). The van der Waals surface area contributed by atoms with Gasteiger partial charge in [0.25, 0.3) is 0 Å². The van der Waals surface area contributed by atoms with Crippen molar-refractivity contribution in [1.82, 2.24) is 19.3 Å². The zero-order valence-corrected chi connectivity index (χ0v) is 18.2. The maximum absolute atomic E-state index is 14.6. The van der Waals surface area contributed by atoms with E-state index in [0.29, 0.717) is 15.6 Å². The lowest BCUT2D eigenvalue weighted by Crippen LogP contribution is -2.37. The van der Waals surface area contributed by atoms with Crippen molar-refractivity contribution in [2.45, 2.75) is 18.7 Å². The lowest BCUT2D eigenvalue weighted by molar-refractivity contribution is -0.00534. The number of nitrogens with zero attached hydrogens (tertiary/aromatic N) is 4. The van der Waals surface area contributed by atoms with Crippen molar-refractivity contribution in [3.05, 3.63) is 106 Å². The Morgan fingerprint density at radius 3 is 2.50 bits per heavy atom. The van der Waals surface area contributed by atoms with Gasteiger partial charge in [-0.2, -0.15) is 5.10 Å². The van der Waals surface area contributed by atoms with Gasteiger partial charge in [-0.1, -0.05) is 47.5 Å². The predicted octanol–water partition coefficient (Wildman–Crippen LogP) is 5.42. The third-order valence-electron chi connectivity index (χ3n) is 4.98. The van der Waals surface area contributed by atoms with E-state index in [1.165, 1.54) is 23.4 Å². The van der Waals surface area contributed by atoms with Crippen molar-refractivity contribution in [3.63, 3.8) is 0 Å². The molecule has 2 aromatic carbocycles. The van der Waals surface area contributed by atoms with E-state index in [2.05, 4.69) is 10.1 Å². The van der Waals surface area contributed by atoms with Gasteiger partial charge in [0.1, 0.15) is 29.9 Å². The van der Waals surface area contributed by atoms with Gasteiger partial charge in [0, 0.05) is 39.6 Å². The van der Waals surface area contributed by atoms with Crippen LogP contribution < -0.4 is 0 Å². The minimum absolute atomic E-state index is 0.00387. The molecule has 2 heterocycles. The summed E-state index contributed by atoms with van der Waals surface area (Å²) in [5.41, 5.74) is -0.233. The molecule has 2 aromatic heterocycles. The number of halogens is 4. The van der Waals surface area contributed by atoms with E-state index < -0.39 is 17.2 Å². The van der Waals surface area contributed by atoms with Gasteiger partial charge in [-0.15, -0.1) is 0 Å². The fraction of sp³-hybridized carbons (Fsp3) is 0.130. The molecule has 1 atom stereocenters. The molecule has 0 aliphatic carbocycles. The number of aliphatic hydroxyl groups is 1. The molecule has 32 heavy (non-hydrogen) atoms. The number of hydrogen-bond acceptors (Lipinski definition) is 3. The van der Waals surface area contributed by atoms with Gasteiger partial charge in [0.15, 0.2) is 0 Å². The van der Waals surface area contributed by atoms with Crippen LogP contribution in [-0.4, -0.2) is 24.4 Å². The first kappa shape index (κ1) is 22.2. The first-order chi connectivity index (χ1) is 15.3. The Morgan fingerprint density at radius 2 is 1.81 bits per heavy atom. The molecule has 0 amide bonds. The Bertz CT molecular complexity index is 1240. The molecular weight excluding hydrogens is 457 g/mol. The number of aromatic nitrogens is 4.